The highest BCUT2D eigenvalue weighted by molar-refractivity contribution is 7.25. The van der Waals surface area contributed by atoms with Gasteiger partial charge in [0.25, 0.3) is 0 Å². The lowest BCUT2D eigenvalue weighted by Gasteiger charge is -2.33. The second-order valence-corrected chi connectivity index (χ2v) is 19.5. The fraction of sp³-hybridized carbons (Fsp3) is 0.0149. The van der Waals surface area contributed by atoms with Gasteiger partial charge in [-0.15, -0.1) is 11.3 Å². The molecule has 2 aliphatic rings. The monoisotopic (exact) mass is 923 g/mol. The molecular formula is C67H45N3S. The molecule has 0 fully saturated rings. The van der Waals surface area contributed by atoms with E-state index in [1.54, 1.807) is 0 Å². The Hall–Kier alpha value is -8.96. The first-order chi connectivity index (χ1) is 35.2. The van der Waals surface area contributed by atoms with Gasteiger partial charge in [-0.2, -0.15) is 0 Å². The molecule has 1 spiro atoms. The van der Waals surface area contributed by atoms with Gasteiger partial charge in [-0.1, -0.05) is 164 Å². The summed E-state index contributed by atoms with van der Waals surface area (Å²) in [5.41, 5.74) is 19.7. The van der Waals surface area contributed by atoms with Crippen LogP contribution in [0.25, 0.3) is 42.4 Å². The van der Waals surface area contributed by atoms with Crippen LogP contribution in [0.15, 0.2) is 273 Å². The van der Waals surface area contributed by atoms with Gasteiger partial charge in [0.15, 0.2) is 0 Å². The second kappa shape index (κ2) is 16.6. The summed E-state index contributed by atoms with van der Waals surface area (Å²) in [6.45, 7) is 0. The molecule has 2 aliphatic carbocycles. The van der Waals surface area contributed by atoms with Crippen LogP contribution in [0.5, 0.6) is 0 Å². The molecule has 4 heteroatoms. The Balaban J connectivity index is 0.924. The standard InChI is InChI=1S/C67H45N3S/c1-4-20-46(21-5-1)68(49-26-18-28-51(42-49)69(47-22-6-2-7-23-47)53-39-41-66-60(44-53)59-33-13-17-37-65(59)71-66)50-27-19-29-52(43-50)70(48-24-8-3-9-25-48)54-38-40-58-57-32-12-16-36-63(57)67(64(58)45-54)61-34-14-10-30-55(61)56-31-11-15-35-62(56)67/h1-45H. The van der Waals surface area contributed by atoms with Gasteiger partial charge in [0.2, 0.25) is 0 Å². The lowest BCUT2D eigenvalue weighted by atomic mass is 9.70. The third-order valence-electron chi connectivity index (χ3n) is 14.6. The molecule has 1 heterocycles. The van der Waals surface area contributed by atoms with Crippen molar-refractivity contribution in [1.82, 2.24) is 0 Å². The molecule has 1 aromatic heterocycles. The molecule has 0 atom stereocenters. The molecule has 334 valence electrons. The quantitative estimate of drug-likeness (QED) is 0.143. The molecule has 0 unspecified atom stereocenters. The van der Waals surface area contributed by atoms with Crippen LogP contribution in [0, 0.1) is 0 Å². The van der Waals surface area contributed by atoms with Crippen molar-refractivity contribution in [2.24, 2.45) is 0 Å². The van der Waals surface area contributed by atoms with Gasteiger partial charge < -0.3 is 14.7 Å². The molecule has 0 bridgehead atoms. The van der Waals surface area contributed by atoms with Crippen LogP contribution in [-0.2, 0) is 5.41 Å². The van der Waals surface area contributed by atoms with Crippen molar-refractivity contribution < 1.29 is 0 Å². The smallest absolute Gasteiger partial charge is 0.0726 e. The van der Waals surface area contributed by atoms with Gasteiger partial charge in [0, 0.05) is 71.4 Å². The predicted molar refractivity (Wildman–Crippen MR) is 300 cm³/mol. The van der Waals surface area contributed by atoms with Gasteiger partial charge in [0.05, 0.1) is 5.41 Å². The highest BCUT2D eigenvalue weighted by Gasteiger charge is 2.51. The normalized spacial score (nSPS) is 12.6. The Bertz CT molecular complexity index is 3910. The summed E-state index contributed by atoms with van der Waals surface area (Å²) in [6.07, 6.45) is 0. The van der Waals surface area contributed by atoms with Crippen molar-refractivity contribution in [3.05, 3.63) is 295 Å². The van der Waals surface area contributed by atoms with Crippen LogP contribution in [0.2, 0.25) is 0 Å². The Morgan fingerprint density at radius 3 is 1.07 bits per heavy atom. The molecule has 14 rings (SSSR count). The molecule has 11 aromatic carbocycles. The van der Waals surface area contributed by atoms with Crippen molar-refractivity contribution in [3.8, 4) is 22.3 Å². The van der Waals surface area contributed by atoms with E-state index in [9.17, 15) is 0 Å². The molecule has 0 saturated carbocycles. The SMILES string of the molecule is c1ccc(N(c2cccc(N(c3ccccc3)c3ccc4c(c3)C3(c5ccccc5-c5ccccc53)c3ccccc3-4)c2)c2cccc(N(c3ccccc3)c3ccc4sc5ccccc5c4c3)c2)cc1. The first-order valence-corrected chi connectivity index (χ1v) is 25.1. The van der Waals surface area contributed by atoms with Crippen LogP contribution < -0.4 is 14.7 Å². The Morgan fingerprint density at radius 2 is 0.577 bits per heavy atom. The van der Waals surface area contributed by atoms with Crippen LogP contribution >= 0.6 is 11.3 Å². The fourth-order valence-corrected chi connectivity index (χ4v) is 12.8. The Morgan fingerprint density at radius 1 is 0.225 bits per heavy atom. The highest BCUT2D eigenvalue weighted by Crippen LogP contribution is 2.63. The number of fused-ring (bicyclic) bond motifs is 13. The average molecular weight is 924 g/mol. The number of thiophene rings is 1. The molecule has 71 heavy (non-hydrogen) atoms. The topological polar surface area (TPSA) is 9.72 Å². The van der Waals surface area contributed by atoms with Gasteiger partial charge >= 0.3 is 0 Å². The number of rotatable bonds is 9. The summed E-state index contributed by atoms with van der Waals surface area (Å²) < 4.78 is 2.59. The zero-order valence-electron chi connectivity index (χ0n) is 38.7. The van der Waals surface area contributed by atoms with E-state index in [-0.39, 0.29) is 0 Å². The maximum absolute atomic E-state index is 2.47. The van der Waals surface area contributed by atoms with Crippen molar-refractivity contribution in [2.45, 2.75) is 5.41 Å². The average Bonchev–Trinajstić information content (AvgIpc) is 4.06. The van der Waals surface area contributed by atoms with E-state index in [0.717, 1.165) is 51.2 Å². The number of hydrogen-bond donors (Lipinski definition) is 0. The molecule has 12 aromatic rings. The summed E-state index contributed by atoms with van der Waals surface area (Å²) in [6, 6.07) is 100. The van der Waals surface area contributed by atoms with E-state index in [1.807, 2.05) is 11.3 Å². The number of benzene rings is 11. The lowest BCUT2D eigenvalue weighted by molar-refractivity contribution is 0.793. The molecule has 0 N–H and O–H groups in total. The van der Waals surface area contributed by atoms with E-state index in [4.69, 9.17) is 0 Å². The van der Waals surface area contributed by atoms with Crippen molar-refractivity contribution >= 4 is 82.7 Å². The van der Waals surface area contributed by atoms with Crippen LogP contribution in [0.4, 0.5) is 51.2 Å². The third-order valence-corrected chi connectivity index (χ3v) is 15.7. The highest BCUT2D eigenvalue weighted by atomic mass is 32.1. The predicted octanol–water partition coefficient (Wildman–Crippen LogP) is 18.8. The minimum atomic E-state index is -0.453. The van der Waals surface area contributed by atoms with Crippen molar-refractivity contribution in [1.29, 1.82) is 0 Å². The van der Waals surface area contributed by atoms with E-state index in [0.29, 0.717) is 0 Å². The van der Waals surface area contributed by atoms with E-state index < -0.39 is 5.41 Å². The third kappa shape index (κ3) is 6.49. The maximum Gasteiger partial charge on any atom is 0.0726 e. The molecule has 0 saturated heterocycles. The zero-order valence-corrected chi connectivity index (χ0v) is 39.5. The first kappa shape index (κ1) is 41.1. The second-order valence-electron chi connectivity index (χ2n) is 18.4. The summed E-state index contributed by atoms with van der Waals surface area (Å²) in [5.74, 6) is 0. The number of nitrogens with zero attached hydrogens (tertiary/aromatic N) is 3. The molecule has 3 nitrogen and oxygen atoms in total. The fourth-order valence-electron chi connectivity index (χ4n) is 11.7. The Kier molecular flexibility index (Phi) is 9.61. The minimum Gasteiger partial charge on any atom is -0.310 e. The summed E-state index contributed by atoms with van der Waals surface area (Å²) in [4.78, 5) is 7.19. The molecular weight excluding hydrogens is 879 g/mol. The summed E-state index contributed by atoms with van der Waals surface area (Å²) in [5, 5.41) is 2.56. The number of para-hydroxylation sites is 3. The van der Waals surface area contributed by atoms with Crippen molar-refractivity contribution in [2.75, 3.05) is 14.7 Å². The minimum absolute atomic E-state index is 0.453. The summed E-state index contributed by atoms with van der Waals surface area (Å²) in [7, 11) is 0. The van der Waals surface area contributed by atoms with Gasteiger partial charge in [-0.05, 0) is 154 Å². The molecule has 0 aliphatic heterocycles. The van der Waals surface area contributed by atoms with Crippen LogP contribution in [0.3, 0.4) is 0 Å². The molecule has 0 amide bonds. The van der Waals surface area contributed by atoms with Crippen LogP contribution in [0.1, 0.15) is 22.3 Å². The Labute approximate surface area is 418 Å². The maximum atomic E-state index is 2.47. The van der Waals surface area contributed by atoms with E-state index in [1.165, 1.54) is 64.7 Å². The first-order valence-electron chi connectivity index (χ1n) is 24.3. The lowest BCUT2D eigenvalue weighted by Crippen LogP contribution is -2.26. The van der Waals surface area contributed by atoms with E-state index in [2.05, 4.69) is 288 Å². The van der Waals surface area contributed by atoms with Gasteiger partial charge in [-0.3, -0.25) is 0 Å². The number of anilines is 9. The number of hydrogen-bond acceptors (Lipinski definition) is 4. The summed E-state index contributed by atoms with van der Waals surface area (Å²) >= 11 is 1.85. The van der Waals surface area contributed by atoms with Gasteiger partial charge in [0.1, 0.15) is 0 Å². The van der Waals surface area contributed by atoms with E-state index >= 15 is 0 Å². The van der Waals surface area contributed by atoms with Crippen LogP contribution in [-0.4, -0.2) is 0 Å². The largest absolute Gasteiger partial charge is 0.310 e. The van der Waals surface area contributed by atoms with Gasteiger partial charge in [-0.25, -0.2) is 0 Å². The zero-order chi connectivity index (χ0) is 46.9. The molecule has 0 radical (unpaired) electrons. The van der Waals surface area contributed by atoms with Crippen molar-refractivity contribution in [3.63, 3.8) is 0 Å².